The maximum atomic E-state index is 12.0. The van der Waals surface area contributed by atoms with Gasteiger partial charge in [0, 0.05) is 19.6 Å². The third kappa shape index (κ3) is 5.43. The van der Waals surface area contributed by atoms with Crippen molar-refractivity contribution in [3.8, 4) is 5.75 Å². The topological polar surface area (TPSA) is 105 Å². The van der Waals surface area contributed by atoms with E-state index in [-0.39, 0.29) is 5.92 Å². The number of benzene rings is 1. The summed E-state index contributed by atoms with van der Waals surface area (Å²) < 4.78 is 29.5. The number of hydrogen-bond acceptors (Lipinski definition) is 5. The highest BCUT2D eigenvalue weighted by Crippen LogP contribution is 2.23. The molecule has 0 spiro atoms. The molecule has 0 unspecified atom stereocenters. The zero-order valence-electron chi connectivity index (χ0n) is 14.3. The number of sulfonamides is 1. The van der Waals surface area contributed by atoms with Crippen LogP contribution in [0.2, 0.25) is 0 Å². The average Bonchev–Trinajstić information content (AvgIpc) is 2.59. The van der Waals surface area contributed by atoms with Gasteiger partial charge in [-0.25, -0.2) is 12.7 Å². The minimum Gasteiger partial charge on any atom is -0.495 e. The van der Waals surface area contributed by atoms with Gasteiger partial charge in [-0.05, 0) is 30.9 Å². The van der Waals surface area contributed by atoms with Crippen molar-refractivity contribution in [2.75, 3.05) is 38.3 Å². The maximum absolute atomic E-state index is 12.0. The summed E-state index contributed by atoms with van der Waals surface area (Å²) >= 11 is 0. The van der Waals surface area contributed by atoms with E-state index in [1.165, 1.54) is 17.7 Å². The van der Waals surface area contributed by atoms with E-state index in [1.807, 2.05) is 0 Å². The largest absolute Gasteiger partial charge is 0.495 e. The van der Waals surface area contributed by atoms with E-state index in [9.17, 15) is 18.0 Å². The summed E-state index contributed by atoms with van der Waals surface area (Å²) in [4.78, 5) is 23.9. The van der Waals surface area contributed by atoms with Gasteiger partial charge < -0.3 is 15.4 Å². The van der Waals surface area contributed by atoms with Crippen LogP contribution in [-0.2, 0) is 19.6 Å². The van der Waals surface area contributed by atoms with Crippen LogP contribution < -0.4 is 15.4 Å². The number of nitrogens with zero attached hydrogens (tertiary/aromatic N) is 1. The van der Waals surface area contributed by atoms with Crippen LogP contribution in [0.3, 0.4) is 0 Å². The van der Waals surface area contributed by atoms with Crippen molar-refractivity contribution in [2.45, 2.75) is 12.8 Å². The number of rotatable bonds is 5. The molecule has 2 amide bonds. The Labute approximate surface area is 147 Å². The molecule has 1 aromatic rings. The van der Waals surface area contributed by atoms with E-state index in [0.717, 1.165) is 0 Å². The Hall–Kier alpha value is -2.13. The predicted molar refractivity (Wildman–Crippen MR) is 93.8 cm³/mol. The highest BCUT2D eigenvalue weighted by molar-refractivity contribution is 7.88. The smallest absolute Gasteiger partial charge is 0.313 e. The Kier molecular flexibility index (Phi) is 6.38. The van der Waals surface area contributed by atoms with Gasteiger partial charge in [0.15, 0.2) is 0 Å². The van der Waals surface area contributed by atoms with Crippen LogP contribution >= 0.6 is 0 Å². The fourth-order valence-corrected chi connectivity index (χ4v) is 3.56. The summed E-state index contributed by atoms with van der Waals surface area (Å²) in [5.74, 6) is -0.868. The molecule has 1 fully saturated rings. The van der Waals surface area contributed by atoms with Gasteiger partial charge in [-0.3, -0.25) is 9.59 Å². The van der Waals surface area contributed by atoms with Gasteiger partial charge >= 0.3 is 11.8 Å². The van der Waals surface area contributed by atoms with Crippen molar-refractivity contribution < 1.29 is 22.7 Å². The van der Waals surface area contributed by atoms with Crippen molar-refractivity contribution in [3.63, 3.8) is 0 Å². The number of hydrogen-bond donors (Lipinski definition) is 2. The monoisotopic (exact) mass is 369 g/mol. The van der Waals surface area contributed by atoms with Gasteiger partial charge in [-0.2, -0.15) is 0 Å². The molecular formula is C16H23N3O5S. The van der Waals surface area contributed by atoms with Crippen molar-refractivity contribution in [2.24, 2.45) is 5.92 Å². The molecular weight excluding hydrogens is 346 g/mol. The second-order valence-corrected chi connectivity index (χ2v) is 7.95. The number of piperidine rings is 1. The normalized spacial score (nSPS) is 16.2. The van der Waals surface area contributed by atoms with Crippen LogP contribution in [0.5, 0.6) is 5.75 Å². The Morgan fingerprint density at radius 2 is 1.84 bits per heavy atom. The van der Waals surface area contributed by atoms with Crippen molar-refractivity contribution in [3.05, 3.63) is 24.3 Å². The number of ether oxygens (including phenoxy) is 1. The van der Waals surface area contributed by atoms with Crippen molar-refractivity contribution >= 4 is 27.5 Å². The summed E-state index contributed by atoms with van der Waals surface area (Å²) in [6.07, 6.45) is 2.50. The molecule has 0 saturated carbocycles. The molecule has 2 N–H and O–H groups in total. The minimum absolute atomic E-state index is 0.154. The first-order valence-corrected chi connectivity index (χ1v) is 9.83. The molecule has 2 rings (SSSR count). The van der Waals surface area contributed by atoms with Gasteiger partial charge in [-0.1, -0.05) is 12.1 Å². The maximum Gasteiger partial charge on any atom is 0.313 e. The summed E-state index contributed by atoms with van der Waals surface area (Å²) in [5.41, 5.74) is 0.423. The standard InChI is InChI=1S/C16H23N3O5S/c1-24-14-6-4-3-5-13(14)18-16(21)15(20)17-11-12-7-9-19(10-8-12)25(2,22)23/h3-6,12H,7-11H2,1-2H3,(H,17,20)(H,18,21). The number of carbonyl (C=O) groups excluding carboxylic acids is 2. The Morgan fingerprint density at radius 1 is 1.20 bits per heavy atom. The SMILES string of the molecule is COc1ccccc1NC(=O)C(=O)NCC1CCN(S(C)(=O)=O)CC1. The first-order valence-electron chi connectivity index (χ1n) is 7.98. The quantitative estimate of drug-likeness (QED) is 0.732. The van der Waals surface area contributed by atoms with Crippen LogP contribution in [0.25, 0.3) is 0 Å². The van der Waals surface area contributed by atoms with Gasteiger partial charge in [0.2, 0.25) is 10.0 Å². The number of anilines is 1. The molecule has 138 valence electrons. The summed E-state index contributed by atoms with van der Waals surface area (Å²) in [6.45, 7) is 1.22. The van der Waals surface area contributed by atoms with Gasteiger partial charge in [-0.15, -0.1) is 0 Å². The van der Waals surface area contributed by atoms with Gasteiger partial charge in [0.1, 0.15) is 5.75 Å². The van der Waals surface area contributed by atoms with E-state index in [4.69, 9.17) is 4.74 Å². The van der Waals surface area contributed by atoms with Crippen LogP contribution in [0, 0.1) is 5.92 Å². The van der Waals surface area contributed by atoms with Crippen LogP contribution in [0.1, 0.15) is 12.8 Å². The number of amides is 2. The Bertz CT molecular complexity index is 727. The van der Waals surface area contributed by atoms with E-state index >= 15 is 0 Å². The molecule has 1 aromatic carbocycles. The molecule has 8 nitrogen and oxygen atoms in total. The second kappa shape index (κ2) is 8.30. The molecule has 0 aromatic heterocycles. The lowest BCUT2D eigenvalue weighted by molar-refractivity contribution is -0.136. The molecule has 1 aliphatic rings. The fraction of sp³-hybridized carbons (Fsp3) is 0.500. The average molecular weight is 369 g/mol. The third-order valence-electron chi connectivity index (χ3n) is 4.16. The fourth-order valence-electron chi connectivity index (χ4n) is 2.69. The van der Waals surface area contributed by atoms with Crippen LogP contribution in [-0.4, -0.2) is 57.5 Å². The molecule has 0 atom stereocenters. The van der Waals surface area contributed by atoms with Crippen molar-refractivity contribution in [1.29, 1.82) is 0 Å². The number of carbonyl (C=O) groups is 2. The van der Waals surface area contributed by atoms with Crippen LogP contribution in [0.4, 0.5) is 5.69 Å². The molecule has 0 bridgehead atoms. The third-order valence-corrected chi connectivity index (χ3v) is 5.46. The first-order chi connectivity index (χ1) is 11.8. The second-order valence-electron chi connectivity index (χ2n) is 5.97. The van der Waals surface area contributed by atoms with Crippen molar-refractivity contribution in [1.82, 2.24) is 9.62 Å². The first kappa shape index (κ1) is 19.2. The molecule has 1 saturated heterocycles. The predicted octanol–water partition coefficient (Wildman–Crippen LogP) is 0.422. The Balaban J connectivity index is 1.80. The van der Waals surface area contributed by atoms with E-state index in [1.54, 1.807) is 24.3 Å². The lowest BCUT2D eigenvalue weighted by Gasteiger charge is -2.30. The molecule has 1 aliphatic heterocycles. The number of nitrogens with one attached hydrogen (secondary N) is 2. The van der Waals surface area contributed by atoms with E-state index < -0.39 is 21.8 Å². The van der Waals surface area contributed by atoms with Crippen LogP contribution in [0.15, 0.2) is 24.3 Å². The molecule has 0 radical (unpaired) electrons. The summed E-state index contributed by atoms with van der Waals surface area (Å²) in [7, 11) is -1.69. The number of para-hydroxylation sites is 2. The number of methoxy groups -OCH3 is 1. The summed E-state index contributed by atoms with van der Waals surface area (Å²) in [5, 5.41) is 5.12. The minimum atomic E-state index is -3.17. The Morgan fingerprint density at radius 3 is 2.44 bits per heavy atom. The zero-order valence-corrected chi connectivity index (χ0v) is 15.1. The zero-order chi connectivity index (χ0) is 18.4. The lowest BCUT2D eigenvalue weighted by atomic mass is 9.98. The highest BCUT2D eigenvalue weighted by Gasteiger charge is 2.25. The molecule has 1 heterocycles. The lowest BCUT2D eigenvalue weighted by Crippen LogP contribution is -2.43. The van der Waals surface area contributed by atoms with E-state index in [2.05, 4.69) is 10.6 Å². The molecule has 0 aliphatic carbocycles. The highest BCUT2D eigenvalue weighted by atomic mass is 32.2. The molecule has 9 heteroatoms. The molecule has 25 heavy (non-hydrogen) atoms. The van der Waals surface area contributed by atoms with Gasteiger partial charge in [0.05, 0.1) is 19.1 Å². The summed E-state index contributed by atoms with van der Waals surface area (Å²) in [6, 6.07) is 6.82. The van der Waals surface area contributed by atoms with Gasteiger partial charge in [0.25, 0.3) is 0 Å². The van der Waals surface area contributed by atoms with E-state index in [0.29, 0.717) is 43.9 Å².